The molecule has 0 bridgehead atoms. The first kappa shape index (κ1) is 27.5. The molecule has 0 aliphatic heterocycles. The van der Waals surface area contributed by atoms with Gasteiger partial charge in [-0.3, -0.25) is 4.40 Å². The van der Waals surface area contributed by atoms with Crippen LogP contribution in [0.15, 0.2) is 170 Å². The topological polar surface area (TPSA) is 27.2 Å². The zero-order valence-corrected chi connectivity index (χ0v) is 28.5. The Kier molecular flexibility index (Phi) is 5.08. The molecule has 0 fully saturated rings. The van der Waals surface area contributed by atoms with Gasteiger partial charge in [-0.15, -0.1) is 0 Å². The highest BCUT2D eigenvalue weighted by atomic mass is 15.1. The van der Waals surface area contributed by atoms with Crippen LogP contribution >= 0.6 is 0 Å². The Morgan fingerprint density at radius 3 is 1.75 bits per heavy atom. The zero-order valence-electron chi connectivity index (χ0n) is 28.5. The Bertz CT molecular complexity index is 3530. The van der Waals surface area contributed by atoms with Gasteiger partial charge in [0.25, 0.3) is 0 Å². The molecule has 8 aromatic carbocycles. The third-order valence-electron chi connectivity index (χ3n) is 11.7. The van der Waals surface area contributed by atoms with Crippen LogP contribution in [-0.4, -0.2) is 18.5 Å². The predicted molar refractivity (Wildman–Crippen MR) is 221 cm³/mol. The van der Waals surface area contributed by atoms with Gasteiger partial charge < -0.3 is 9.13 Å². The van der Waals surface area contributed by atoms with Crippen LogP contribution in [0.1, 0.15) is 0 Å². The monoisotopic (exact) mass is 672 g/mol. The molecule has 0 saturated heterocycles. The van der Waals surface area contributed by atoms with E-state index in [-0.39, 0.29) is 0 Å². The van der Waals surface area contributed by atoms with E-state index in [4.69, 9.17) is 4.98 Å². The molecule has 0 saturated carbocycles. The van der Waals surface area contributed by atoms with Crippen LogP contribution in [-0.2, 0) is 0 Å². The lowest BCUT2D eigenvalue weighted by Gasteiger charge is -2.15. The summed E-state index contributed by atoms with van der Waals surface area (Å²) in [5.74, 6) is 0. The highest BCUT2D eigenvalue weighted by molar-refractivity contribution is 6.26. The largest absolute Gasteiger partial charge is 0.309 e. The van der Waals surface area contributed by atoms with Crippen molar-refractivity contribution in [2.75, 3.05) is 0 Å². The minimum absolute atomic E-state index is 0.978. The van der Waals surface area contributed by atoms with Gasteiger partial charge in [0.1, 0.15) is 5.65 Å². The van der Waals surface area contributed by atoms with Gasteiger partial charge in [-0.2, -0.15) is 0 Å². The number of fused-ring (bicyclic) bond motifs is 17. The van der Waals surface area contributed by atoms with E-state index in [9.17, 15) is 0 Å². The molecule has 0 spiro atoms. The number of aromatic nitrogens is 4. The fourth-order valence-electron chi connectivity index (χ4n) is 9.68. The van der Waals surface area contributed by atoms with Crippen LogP contribution in [0.25, 0.3) is 116 Å². The summed E-state index contributed by atoms with van der Waals surface area (Å²) in [6, 6.07) is 62.0. The van der Waals surface area contributed by atoms with Crippen molar-refractivity contribution in [3.63, 3.8) is 0 Å². The maximum Gasteiger partial charge on any atom is 0.146 e. The minimum atomic E-state index is 0.978. The van der Waals surface area contributed by atoms with Gasteiger partial charge in [-0.05, 0) is 70.1 Å². The number of rotatable bonds is 2. The summed E-state index contributed by atoms with van der Waals surface area (Å²) in [6.07, 6.45) is 0. The molecule has 0 unspecified atom stereocenters. The van der Waals surface area contributed by atoms with Crippen molar-refractivity contribution in [2.45, 2.75) is 0 Å². The Balaban J connectivity index is 1.23. The van der Waals surface area contributed by atoms with Gasteiger partial charge in [-0.1, -0.05) is 127 Å². The molecule has 13 rings (SSSR count). The predicted octanol–water partition coefficient (Wildman–Crippen LogP) is 12.6. The first-order chi connectivity index (χ1) is 26.3. The van der Waals surface area contributed by atoms with E-state index in [1.165, 1.54) is 82.3 Å². The third-order valence-corrected chi connectivity index (χ3v) is 11.7. The summed E-state index contributed by atoms with van der Waals surface area (Å²) in [7, 11) is 0. The van der Waals surface area contributed by atoms with Crippen LogP contribution in [0.4, 0.5) is 0 Å². The Morgan fingerprint density at radius 1 is 0.340 bits per heavy atom. The second-order valence-corrected chi connectivity index (χ2v) is 14.3. The molecular formula is C49H28N4. The fraction of sp³-hybridized carbons (Fsp3) is 0. The highest BCUT2D eigenvalue weighted by Gasteiger charge is 2.27. The normalized spacial score (nSPS) is 12.5. The second kappa shape index (κ2) is 9.78. The Labute approximate surface area is 303 Å². The lowest BCUT2D eigenvalue weighted by molar-refractivity contribution is 1.18. The molecule has 12 aromatic rings. The molecule has 1 aliphatic rings. The SMILES string of the molecule is c1ccc(-n2c3ccccc3c3c4nc5c6ccccc6c6c(c7ccccc7n6-c6ccc7c8c(cccc68)-c6ccccc6-7)n5c4ccc32)cc1. The quantitative estimate of drug-likeness (QED) is 0.180. The van der Waals surface area contributed by atoms with Crippen LogP contribution in [0, 0.1) is 0 Å². The summed E-state index contributed by atoms with van der Waals surface area (Å²) < 4.78 is 7.33. The highest BCUT2D eigenvalue weighted by Crippen LogP contribution is 2.50. The fourth-order valence-corrected chi connectivity index (χ4v) is 9.68. The summed E-state index contributed by atoms with van der Waals surface area (Å²) in [5, 5.41) is 8.50. The standard InChI is InChI=1S/C49H28N4/c1-2-13-29(14-3-1)51-39-23-10-8-19-37(39)45-42(51)27-28-43-46(45)50-49-35-18-7-6-17-34(35)47-48(53(43)49)38-20-9-11-24-40(38)52(47)41-26-25-33-31-16-5-4-15-30(31)32-21-12-22-36(41)44(32)33/h1-28H. The van der Waals surface area contributed by atoms with Gasteiger partial charge in [-0.25, -0.2) is 4.98 Å². The van der Waals surface area contributed by atoms with E-state index >= 15 is 0 Å². The third kappa shape index (κ3) is 3.34. The molecule has 0 radical (unpaired) electrons. The average molecular weight is 673 g/mol. The lowest BCUT2D eigenvalue weighted by atomic mass is 10.0. The van der Waals surface area contributed by atoms with Crippen LogP contribution in [0.5, 0.6) is 0 Å². The van der Waals surface area contributed by atoms with E-state index in [1.54, 1.807) is 0 Å². The minimum Gasteiger partial charge on any atom is -0.309 e. The number of benzene rings is 8. The Morgan fingerprint density at radius 2 is 0.943 bits per heavy atom. The van der Waals surface area contributed by atoms with E-state index in [0.29, 0.717) is 0 Å². The van der Waals surface area contributed by atoms with Gasteiger partial charge in [0.15, 0.2) is 0 Å². The maximum absolute atomic E-state index is 5.61. The molecule has 1 aliphatic carbocycles. The number of imidazole rings is 1. The van der Waals surface area contributed by atoms with Crippen molar-refractivity contribution >= 4 is 82.0 Å². The van der Waals surface area contributed by atoms with E-state index in [0.717, 1.165) is 33.3 Å². The van der Waals surface area contributed by atoms with Crippen LogP contribution in [0.3, 0.4) is 0 Å². The summed E-state index contributed by atoms with van der Waals surface area (Å²) >= 11 is 0. The molecule has 0 N–H and O–H groups in total. The average Bonchev–Trinajstić information content (AvgIpc) is 3.96. The van der Waals surface area contributed by atoms with Crippen molar-refractivity contribution < 1.29 is 0 Å². The molecule has 4 heteroatoms. The molecular weight excluding hydrogens is 645 g/mol. The van der Waals surface area contributed by atoms with Crippen molar-refractivity contribution in [1.82, 2.24) is 18.5 Å². The molecule has 4 nitrogen and oxygen atoms in total. The Hall–Kier alpha value is -7.17. The van der Waals surface area contributed by atoms with Gasteiger partial charge in [0.2, 0.25) is 0 Å². The summed E-state index contributed by atoms with van der Waals surface area (Å²) in [5.41, 5.74) is 16.6. The van der Waals surface area contributed by atoms with Crippen molar-refractivity contribution in [1.29, 1.82) is 0 Å². The molecule has 0 amide bonds. The smallest absolute Gasteiger partial charge is 0.146 e. The van der Waals surface area contributed by atoms with Crippen LogP contribution in [0.2, 0.25) is 0 Å². The summed E-state index contributed by atoms with van der Waals surface area (Å²) in [6.45, 7) is 0. The molecule has 4 aromatic heterocycles. The van der Waals surface area contributed by atoms with Crippen molar-refractivity contribution in [3.8, 4) is 33.6 Å². The van der Waals surface area contributed by atoms with Crippen LogP contribution < -0.4 is 0 Å². The van der Waals surface area contributed by atoms with Gasteiger partial charge in [0, 0.05) is 38.0 Å². The first-order valence-electron chi connectivity index (χ1n) is 18.2. The van der Waals surface area contributed by atoms with Gasteiger partial charge >= 0.3 is 0 Å². The molecule has 0 atom stereocenters. The number of hydrogen-bond donors (Lipinski definition) is 0. The zero-order chi connectivity index (χ0) is 34.4. The lowest BCUT2D eigenvalue weighted by Crippen LogP contribution is -1.98. The van der Waals surface area contributed by atoms with Crippen molar-refractivity contribution in [3.05, 3.63) is 170 Å². The number of nitrogens with zero attached hydrogens (tertiary/aromatic N) is 4. The van der Waals surface area contributed by atoms with Gasteiger partial charge in [0.05, 0.1) is 44.3 Å². The summed E-state index contributed by atoms with van der Waals surface area (Å²) in [4.78, 5) is 5.61. The molecule has 244 valence electrons. The van der Waals surface area contributed by atoms with Crippen molar-refractivity contribution in [2.24, 2.45) is 0 Å². The molecule has 4 heterocycles. The second-order valence-electron chi connectivity index (χ2n) is 14.3. The first-order valence-corrected chi connectivity index (χ1v) is 18.2. The number of para-hydroxylation sites is 3. The van der Waals surface area contributed by atoms with E-state index in [1.807, 2.05) is 0 Å². The maximum atomic E-state index is 5.61. The number of hydrogen-bond acceptors (Lipinski definition) is 1. The van der Waals surface area contributed by atoms with E-state index in [2.05, 4.69) is 183 Å². The molecule has 53 heavy (non-hydrogen) atoms. The number of pyridine rings is 1. The van der Waals surface area contributed by atoms with E-state index < -0.39 is 0 Å².